The maximum absolute atomic E-state index is 14.5. The Morgan fingerprint density at radius 1 is 1.07 bits per heavy atom. The van der Waals surface area contributed by atoms with Crippen LogP contribution in [0.3, 0.4) is 0 Å². The number of ether oxygens (including phenoxy) is 1. The minimum Gasteiger partial charge on any atom is -0.396 e. The molecule has 0 bridgehead atoms. The number of ketones is 1. The molecule has 2 heterocycles. The maximum atomic E-state index is 14.5. The molecule has 4 saturated carbocycles. The Bertz CT molecular complexity index is 1640. The van der Waals surface area contributed by atoms with E-state index in [9.17, 15) is 35.4 Å². The largest absolute Gasteiger partial charge is 0.396 e. The average Bonchev–Trinajstić information content (AvgIpc) is 3.45. The Morgan fingerprint density at radius 3 is 2.59 bits per heavy atom. The summed E-state index contributed by atoms with van der Waals surface area (Å²) in [6, 6.07) is 0. The van der Waals surface area contributed by atoms with Crippen LogP contribution in [0, 0.1) is 58.2 Å². The van der Waals surface area contributed by atoms with E-state index in [1.807, 2.05) is 6.08 Å². The maximum Gasteiger partial charge on any atom is 0.159 e. The van der Waals surface area contributed by atoms with Crippen molar-refractivity contribution in [3.05, 3.63) is 47.2 Å². The summed E-state index contributed by atoms with van der Waals surface area (Å²) in [4.78, 5) is 14.5. The second kappa shape index (κ2) is 15.0. The lowest BCUT2D eigenvalue weighted by Gasteiger charge is -2.63. The summed E-state index contributed by atoms with van der Waals surface area (Å²) >= 11 is 0. The van der Waals surface area contributed by atoms with Crippen LogP contribution in [0.4, 0.5) is 0 Å². The molecule has 0 amide bonds. The van der Waals surface area contributed by atoms with Crippen LogP contribution in [0.15, 0.2) is 47.2 Å². The molecule has 2 aliphatic heterocycles. The van der Waals surface area contributed by atoms with Gasteiger partial charge in [0.25, 0.3) is 0 Å². The van der Waals surface area contributed by atoms with Gasteiger partial charge in [0, 0.05) is 29.6 Å². The summed E-state index contributed by atoms with van der Waals surface area (Å²) in [5.41, 5.74) is 4.38. The minimum atomic E-state index is -1.58. The van der Waals surface area contributed by atoms with Crippen molar-refractivity contribution in [3.8, 4) is 0 Å². The molecule has 1 spiro atoms. The van der Waals surface area contributed by atoms with Crippen LogP contribution in [-0.4, -0.2) is 90.9 Å². The van der Waals surface area contributed by atoms with Crippen LogP contribution in [0.25, 0.3) is 0 Å². The minimum absolute atomic E-state index is 0.0457. The molecule has 0 aromatic rings. The highest BCUT2D eigenvalue weighted by molar-refractivity contribution is 5.95. The summed E-state index contributed by atoms with van der Waals surface area (Å²) in [6.45, 7) is 8.28. The van der Waals surface area contributed by atoms with E-state index in [-0.39, 0.29) is 61.2 Å². The summed E-state index contributed by atoms with van der Waals surface area (Å²) in [7, 11) is 0. The smallest absolute Gasteiger partial charge is 0.159 e. The molecular formula is C46H70N2O8. The third kappa shape index (κ3) is 6.29. The normalized spacial score (nSPS) is 48.7. The Balaban J connectivity index is 1.15. The Kier molecular flexibility index (Phi) is 10.9. The van der Waals surface area contributed by atoms with Gasteiger partial charge in [-0.05, 0) is 142 Å². The highest BCUT2D eigenvalue weighted by Gasteiger charge is 2.72. The van der Waals surface area contributed by atoms with E-state index in [0.29, 0.717) is 50.0 Å². The number of carbonyl (C=O) groups is 1. The van der Waals surface area contributed by atoms with Crippen molar-refractivity contribution >= 4 is 5.78 Å². The van der Waals surface area contributed by atoms with E-state index >= 15 is 0 Å². The molecule has 0 aromatic heterocycles. The molecule has 312 valence electrons. The number of aliphatic hydroxyl groups excluding tert-OH is 4. The quantitative estimate of drug-likeness (QED) is 0.154. The molecule has 6 aliphatic carbocycles. The van der Waals surface area contributed by atoms with Gasteiger partial charge in [-0.2, -0.15) is 0 Å². The molecule has 1 unspecified atom stereocenters. The Morgan fingerprint density at radius 2 is 1.84 bits per heavy atom. The van der Waals surface area contributed by atoms with Crippen molar-refractivity contribution in [2.45, 2.75) is 165 Å². The average molecular weight is 779 g/mol. The second-order valence-corrected chi connectivity index (χ2v) is 20.2. The fourth-order valence-electron chi connectivity index (χ4n) is 14.6. The predicted molar refractivity (Wildman–Crippen MR) is 213 cm³/mol. The molecule has 10 nitrogen and oxygen atoms in total. The van der Waals surface area contributed by atoms with Crippen LogP contribution in [-0.2, 0) is 9.53 Å². The van der Waals surface area contributed by atoms with Crippen molar-refractivity contribution in [2.75, 3.05) is 6.61 Å². The Labute approximate surface area is 333 Å². The molecule has 9 N–H and O–H groups in total. The predicted octanol–water partition coefficient (Wildman–Crippen LogP) is 4.57. The highest BCUT2D eigenvalue weighted by atomic mass is 16.5. The van der Waals surface area contributed by atoms with Gasteiger partial charge in [-0.15, -0.1) is 0 Å². The molecule has 5 fully saturated rings. The summed E-state index contributed by atoms with van der Waals surface area (Å²) in [6.07, 6.45) is 16.5. The third-order valence-corrected chi connectivity index (χ3v) is 17.3. The first-order valence-electron chi connectivity index (χ1n) is 22.2. The van der Waals surface area contributed by atoms with Gasteiger partial charge in [0.05, 0.1) is 41.8 Å². The van der Waals surface area contributed by atoms with Crippen molar-refractivity contribution in [1.29, 1.82) is 0 Å². The van der Waals surface area contributed by atoms with Crippen molar-refractivity contribution in [2.24, 2.45) is 63.9 Å². The SMILES string of the molecule is CCC[C@@H]1CC[C@H]2[C@H](C)[C@H]([C@@H](O)[C@](C)(O)[C@H]3CC[C@@]4(O)C5=CC(=O)[C@@H]6C[C@@H](O)[C@@H](O)C[C@@]67C[C@@H](C6=C(CCCO)NC(N)C=C6)C=C[C@H](C[C@]34C)[C@@H]57)O[C@@H]2CC1. The lowest BCUT2D eigenvalue weighted by Crippen LogP contribution is -2.66. The fourth-order valence-corrected chi connectivity index (χ4v) is 14.6. The van der Waals surface area contributed by atoms with Gasteiger partial charge in [-0.25, -0.2) is 0 Å². The fraction of sp³-hybridized carbons (Fsp3) is 0.804. The standard InChI is InChI=1S/C46H70N2O8/c1-5-7-26-9-13-29-25(2)41(56-37(29)15-10-26)42(53)44(4,54)38-17-18-46(55)32-21-34(50)31-20-35(51)36(52)24-45(31)23-27(11-12-28(40(32)45)22-43(38,46)3)30-14-16-39(47)48-33(30)8-6-19-49/h11-12,14,16,21,25-29,31,35-42,48-49,51-55H,5-10,13,15,17-20,22-24,47H2,1-4H3/t25-,26+,27-,28+,29-,31-,35+,36-,37+,38-,39?,40-,41+,42+,43+,44+,45-,46+/m0/s1. The molecular weight excluding hydrogens is 709 g/mol. The molecule has 8 rings (SSSR count). The number of aliphatic hydroxyl groups is 6. The van der Waals surface area contributed by atoms with Crippen LogP contribution in [0.2, 0.25) is 0 Å². The zero-order chi connectivity index (χ0) is 39.9. The lowest BCUT2D eigenvalue weighted by atomic mass is 9.42. The number of hydrogen-bond acceptors (Lipinski definition) is 10. The number of allylic oxidation sites excluding steroid dienone is 6. The molecule has 1 saturated heterocycles. The topological polar surface area (TPSA) is 186 Å². The van der Waals surface area contributed by atoms with E-state index in [4.69, 9.17) is 10.5 Å². The lowest BCUT2D eigenvalue weighted by molar-refractivity contribution is -0.203. The summed E-state index contributed by atoms with van der Waals surface area (Å²) in [5, 5.41) is 73.9. The van der Waals surface area contributed by atoms with Crippen molar-refractivity contribution < 1.29 is 40.2 Å². The molecule has 0 aromatic carbocycles. The number of rotatable bonds is 9. The molecule has 0 radical (unpaired) electrons. The molecule has 18 atom stereocenters. The molecule has 56 heavy (non-hydrogen) atoms. The van der Waals surface area contributed by atoms with E-state index in [2.05, 4.69) is 44.3 Å². The zero-order valence-corrected chi connectivity index (χ0v) is 34.2. The Hall–Kier alpha value is -1.89. The van der Waals surface area contributed by atoms with Crippen LogP contribution in [0.1, 0.15) is 118 Å². The highest BCUT2D eigenvalue weighted by Crippen LogP contribution is 2.72. The van der Waals surface area contributed by atoms with Gasteiger partial charge in [0.1, 0.15) is 6.10 Å². The first-order valence-corrected chi connectivity index (χ1v) is 22.2. The van der Waals surface area contributed by atoms with Crippen molar-refractivity contribution in [3.63, 3.8) is 0 Å². The van der Waals surface area contributed by atoms with Gasteiger partial charge in [0.2, 0.25) is 0 Å². The van der Waals surface area contributed by atoms with Gasteiger partial charge in [0.15, 0.2) is 5.78 Å². The van der Waals surface area contributed by atoms with E-state index < -0.39 is 58.3 Å². The number of nitrogens with one attached hydrogen (secondary N) is 1. The van der Waals surface area contributed by atoms with Gasteiger partial charge in [-0.1, -0.05) is 58.3 Å². The second-order valence-electron chi connectivity index (χ2n) is 20.2. The first kappa shape index (κ1) is 40.9. The van der Waals surface area contributed by atoms with Gasteiger partial charge >= 0.3 is 0 Å². The van der Waals surface area contributed by atoms with Crippen LogP contribution < -0.4 is 11.1 Å². The van der Waals surface area contributed by atoms with Gasteiger partial charge < -0.3 is 46.4 Å². The van der Waals surface area contributed by atoms with E-state index in [1.54, 1.807) is 13.0 Å². The summed E-state index contributed by atoms with van der Waals surface area (Å²) in [5.74, 6) is -0.490. The number of hydrogen-bond donors (Lipinski definition) is 8. The van der Waals surface area contributed by atoms with Gasteiger partial charge in [-0.3, -0.25) is 4.79 Å². The van der Waals surface area contributed by atoms with E-state index in [1.165, 1.54) is 19.3 Å². The molecule has 8 aliphatic rings. The summed E-state index contributed by atoms with van der Waals surface area (Å²) < 4.78 is 6.73. The van der Waals surface area contributed by atoms with E-state index in [0.717, 1.165) is 36.5 Å². The zero-order valence-electron chi connectivity index (χ0n) is 34.2. The number of dihydropyridines is 1. The van der Waals surface area contributed by atoms with Crippen molar-refractivity contribution in [1.82, 2.24) is 5.32 Å². The number of nitrogens with two attached hydrogens (primary N) is 1. The van der Waals surface area contributed by atoms with Crippen LogP contribution >= 0.6 is 0 Å². The number of carbonyl (C=O) groups excluding carboxylic acids is 1. The third-order valence-electron chi connectivity index (χ3n) is 17.3. The first-order chi connectivity index (χ1) is 26.6. The number of fused-ring (bicyclic) bond motifs is 3. The molecule has 10 heteroatoms. The van der Waals surface area contributed by atoms with Crippen LogP contribution in [0.5, 0.6) is 0 Å². The monoisotopic (exact) mass is 779 g/mol.